The van der Waals surface area contributed by atoms with Gasteiger partial charge in [-0.2, -0.15) is 5.10 Å². The Kier molecular flexibility index (Phi) is 3.01. The second-order valence-electron chi connectivity index (χ2n) is 5.36. The minimum Gasteiger partial charge on any atom is -0.382 e. The predicted molar refractivity (Wildman–Crippen MR) is 89.5 cm³/mol. The molecule has 0 aliphatic rings. The van der Waals surface area contributed by atoms with Crippen LogP contribution in [0, 0.1) is 6.92 Å². The van der Waals surface area contributed by atoms with Crippen molar-refractivity contribution in [2.75, 3.05) is 5.73 Å². The number of anilines is 1. The van der Waals surface area contributed by atoms with Crippen LogP contribution in [0.3, 0.4) is 0 Å². The highest BCUT2D eigenvalue weighted by Gasteiger charge is 2.18. The average Bonchev–Trinajstić information content (AvgIpc) is 2.97. The molecule has 0 amide bonds. The first-order valence-electron chi connectivity index (χ1n) is 7.21. The molecule has 0 radical (unpaired) electrons. The summed E-state index contributed by atoms with van der Waals surface area (Å²) in [7, 11) is 0. The van der Waals surface area contributed by atoms with Crippen LogP contribution in [-0.2, 0) is 0 Å². The SMILES string of the molecule is Cc1ccc(-c2nnc3[nH]nc(N)c3c2-c2cccnc2)cc1. The lowest BCUT2D eigenvalue weighted by atomic mass is 9.98. The first kappa shape index (κ1) is 13.4. The first-order valence-corrected chi connectivity index (χ1v) is 7.21. The third-order valence-corrected chi connectivity index (χ3v) is 3.79. The van der Waals surface area contributed by atoms with E-state index in [1.165, 1.54) is 5.56 Å². The molecule has 0 fully saturated rings. The maximum absolute atomic E-state index is 6.05. The number of nitrogens with zero attached hydrogens (tertiary/aromatic N) is 4. The quantitative estimate of drug-likeness (QED) is 0.593. The lowest BCUT2D eigenvalue weighted by Crippen LogP contribution is -1.96. The number of aromatic amines is 1. The number of benzene rings is 1. The smallest absolute Gasteiger partial charge is 0.180 e. The van der Waals surface area contributed by atoms with Gasteiger partial charge >= 0.3 is 0 Å². The van der Waals surface area contributed by atoms with Gasteiger partial charge in [-0.3, -0.25) is 10.1 Å². The number of aryl methyl sites for hydroxylation is 1. The third kappa shape index (κ3) is 2.20. The van der Waals surface area contributed by atoms with E-state index in [0.717, 1.165) is 27.8 Å². The molecular weight excluding hydrogens is 288 g/mol. The molecule has 3 heterocycles. The fourth-order valence-corrected chi connectivity index (χ4v) is 2.64. The molecule has 6 nitrogen and oxygen atoms in total. The molecule has 0 saturated carbocycles. The molecule has 4 rings (SSSR count). The zero-order valence-corrected chi connectivity index (χ0v) is 12.5. The van der Waals surface area contributed by atoms with Gasteiger partial charge in [-0.1, -0.05) is 35.9 Å². The Balaban J connectivity index is 2.08. The molecule has 1 aromatic carbocycles. The second-order valence-corrected chi connectivity index (χ2v) is 5.36. The molecule has 23 heavy (non-hydrogen) atoms. The fourth-order valence-electron chi connectivity index (χ4n) is 2.64. The highest BCUT2D eigenvalue weighted by atomic mass is 15.2. The number of H-pyrrole nitrogens is 1. The van der Waals surface area contributed by atoms with Crippen molar-refractivity contribution in [3.8, 4) is 22.4 Å². The molecule has 6 heteroatoms. The Labute approximate surface area is 132 Å². The molecule has 3 aromatic heterocycles. The number of hydrogen-bond acceptors (Lipinski definition) is 5. The largest absolute Gasteiger partial charge is 0.382 e. The normalized spacial score (nSPS) is 11.0. The molecule has 0 aliphatic heterocycles. The number of nitrogen functional groups attached to an aromatic ring is 1. The van der Waals surface area contributed by atoms with Gasteiger partial charge in [0.05, 0.1) is 5.39 Å². The average molecular weight is 302 g/mol. The minimum atomic E-state index is 0.405. The molecule has 3 N–H and O–H groups in total. The van der Waals surface area contributed by atoms with Crippen molar-refractivity contribution >= 4 is 16.9 Å². The van der Waals surface area contributed by atoms with Crippen LogP contribution in [0.5, 0.6) is 0 Å². The van der Waals surface area contributed by atoms with Crippen LogP contribution in [0.1, 0.15) is 5.56 Å². The standard InChI is InChI=1S/C17H14N6/c1-10-4-6-11(7-5-10)15-13(12-3-2-8-19-9-12)14-16(18)21-23-17(14)22-20-15/h2-9H,1H3,(H3,18,21,22,23). The van der Waals surface area contributed by atoms with E-state index in [9.17, 15) is 0 Å². The van der Waals surface area contributed by atoms with Crippen LogP contribution in [0.4, 0.5) is 5.82 Å². The summed E-state index contributed by atoms with van der Waals surface area (Å²) >= 11 is 0. The van der Waals surface area contributed by atoms with E-state index in [2.05, 4.69) is 32.3 Å². The van der Waals surface area contributed by atoms with Crippen molar-refractivity contribution in [1.82, 2.24) is 25.4 Å². The minimum absolute atomic E-state index is 0.405. The Bertz CT molecular complexity index is 973. The van der Waals surface area contributed by atoms with Crippen LogP contribution in [0.25, 0.3) is 33.4 Å². The van der Waals surface area contributed by atoms with E-state index in [0.29, 0.717) is 11.5 Å². The van der Waals surface area contributed by atoms with Gasteiger partial charge in [0.2, 0.25) is 0 Å². The number of pyridine rings is 1. The number of fused-ring (bicyclic) bond motifs is 1. The Hall–Kier alpha value is -3.28. The molecule has 0 saturated heterocycles. The van der Waals surface area contributed by atoms with Gasteiger partial charge in [0.15, 0.2) is 11.5 Å². The van der Waals surface area contributed by atoms with Crippen molar-refractivity contribution in [3.05, 3.63) is 54.4 Å². The summed E-state index contributed by atoms with van der Waals surface area (Å²) in [5, 5.41) is 16.3. The maximum Gasteiger partial charge on any atom is 0.180 e. The Morgan fingerprint density at radius 2 is 1.83 bits per heavy atom. The van der Waals surface area contributed by atoms with E-state index < -0.39 is 0 Å². The lowest BCUT2D eigenvalue weighted by Gasteiger charge is -2.10. The van der Waals surface area contributed by atoms with Crippen molar-refractivity contribution < 1.29 is 0 Å². The first-order chi connectivity index (χ1) is 11.2. The fraction of sp³-hybridized carbons (Fsp3) is 0.0588. The van der Waals surface area contributed by atoms with E-state index >= 15 is 0 Å². The van der Waals surface area contributed by atoms with Crippen LogP contribution >= 0.6 is 0 Å². The number of hydrogen-bond donors (Lipinski definition) is 2. The number of nitrogens with two attached hydrogens (primary N) is 1. The Morgan fingerprint density at radius 3 is 2.57 bits per heavy atom. The van der Waals surface area contributed by atoms with Gasteiger partial charge in [-0.05, 0) is 13.0 Å². The van der Waals surface area contributed by atoms with Crippen LogP contribution in [-0.4, -0.2) is 25.4 Å². The summed E-state index contributed by atoms with van der Waals surface area (Å²) in [6, 6.07) is 12.0. The van der Waals surface area contributed by atoms with Crippen LogP contribution in [0.2, 0.25) is 0 Å². The molecule has 0 spiro atoms. The summed E-state index contributed by atoms with van der Waals surface area (Å²) in [6.07, 6.45) is 3.53. The van der Waals surface area contributed by atoms with Crippen molar-refractivity contribution in [2.45, 2.75) is 6.92 Å². The van der Waals surface area contributed by atoms with Crippen LogP contribution < -0.4 is 5.73 Å². The van der Waals surface area contributed by atoms with Crippen LogP contribution in [0.15, 0.2) is 48.8 Å². The maximum atomic E-state index is 6.05. The van der Waals surface area contributed by atoms with Gasteiger partial charge in [0, 0.05) is 29.1 Å². The van der Waals surface area contributed by atoms with Gasteiger partial charge in [-0.25, -0.2) is 0 Å². The summed E-state index contributed by atoms with van der Waals surface area (Å²) in [4.78, 5) is 4.21. The Morgan fingerprint density at radius 1 is 1.00 bits per heavy atom. The molecule has 0 aliphatic carbocycles. The van der Waals surface area contributed by atoms with E-state index in [1.54, 1.807) is 12.4 Å². The zero-order chi connectivity index (χ0) is 15.8. The van der Waals surface area contributed by atoms with E-state index in [4.69, 9.17) is 5.73 Å². The van der Waals surface area contributed by atoms with E-state index in [1.807, 2.05) is 36.4 Å². The second kappa shape index (κ2) is 5.17. The monoisotopic (exact) mass is 302 g/mol. The summed E-state index contributed by atoms with van der Waals surface area (Å²) in [5.41, 5.74) is 11.4. The lowest BCUT2D eigenvalue weighted by molar-refractivity contribution is 1.03. The highest BCUT2D eigenvalue weighted by Crippen LogP contribution is 2.36. The topological polar surface area (TPSA) is 93.4 Å². The number of rotatable bonds is 2. The summed E-state index contributed by atoms with van der Waals surface area (Å²) in [6.45, 7) is 2.05. The molecule has 0 bridgehead atoms. The van der Waals surface area contributed by atoms with Gasteiger partial charge in [-0.15, -0.1) is 10.2 Å². The summed E-state index contributed by atoms with van der Waals surface area (Å²) < 4.78 is 0. The number of aromatic nitrogens is 5. The van der Waals surface area contributed by atoms with Gasteiger partial charge in [0.25, 0.3) is 0 Å². The van der Waals surface area contributed by atoms with Crippen molar-refractivity contribution in [2.24, 2.45) is 0 Å². The molecule has 0 atom stereocenters. The molecule has 4 aromatic rings. The molecule has 112 valence electrons. The predicted octanol–water partition coefficient (Wildman–Crippen LogP) is 2.97. The van der Waals surface area contributed by atoms with E-state index in [-0.39, 0.29) is 0 Å². The van der Waals surface area contributed by atoms with Crippen molar-refractivity contribution in [1.29, 1.82) is 0 Å². The van der Waals surface area contributed by atoms with Gasteiger partial charge < -0.3 is 5.73 Å². The van der Waals surface area contributed by atoms with Gasteiger partial charge in [0.1, 0.15) is 5.69 Å². The van der Waals surface area contributed by atoms with Crippen molar-refractivity contribution in [3.63, 3.8) is 0 Å². The number of nitrogens with one attached hydrogen (secondary N) is 1. The zero-order valence-electron chi connectivity index (χ0n) is 12.5. The molecular formula is C17H14N6. The molecule has 0 unspecified atom stereocenters. The third-order valence-electron chi connectivity index (χ3n) is 3.79. The summed E-state index contributed by atoms with van der Waals surface area (Å²) in [5.74, 6) is 0.405. The highest BCUT2D eigenvalue weighted by molar-refractivity contribution is 6.04.